The van der Waals surface area contributed by atoms with Crippen molar-refractivity contribution >= 4 is 18.2 Å². The van der Waals surface area contributed by atoms with E-state index in [-0.39, 0.29) is 0 Å². The summed E-state index contributed by atoms with van der Waals surface area (Å²) in [4.78, 5) is 14.8. The summed E-state index contributed by atoms with van der Waals surface area (Å²) in [7, 11) is 0. The smallest absolute Gasteiger partial charge is 0.339 e. The molecule has 0 amide bonds. The third-order valence-electron chi connectivity index (χ3n) is 0.370. The van der Waals surface area contributed by atoms with Gasteiger partial charge in [0.2, 0.25) is 0 Å². The lowest BCUT2D eigenvalue weighted by atomic mass is 10.5. The first kappa shape index (κ1) is 6.43. The minimum Gasteiger partial charge on any atom is -0.361 e. The molecule has 0 N–H and O–H groups in total. The minimum absolute atomic E-state index is 0.611. The van der Waals surface area contributed by atoms with Crippen molar-refractivity contribution in [3.05, 3.63) is 11.1 Å². The summed E-state index contributed by atoms with van der Waals surface area (Å²) < 4.78 is 0. The summed E-state index contributed by atoms with van der Waals surface area (Å²) in [5.41, 5.74) is 15.3. The van der Waals surface area contributed by atoms with Gasteiger partial charge in [0.25, 0.3) is 0 Å². The van der Waals surface area contributed by atoms with E-state index in [1.807, 2.05) is 0 Å². The van der Waals surface area contributed by atoms with Crippen molar-refractivity contribution in [3.63, 3.8) is 0 Å². The normalized spacial score (nSPS) is 6.00. The van der Waals surface area contributed by atoms with E-state index >= 15 is 0 Å². The zero-order valence-electron chi connectivity index (χ0n) is 3.85. The summed E-state index contributed by atoms with van der Waals surface area (Å²) in [6.07, 6.45) is 1.22. The van der Waals surface area contributed by atoms with E-state index in [9.17, 15) is 4.79 Å². The Hall–Kier alpha value is -1.57. The Kier molecular flexibility index (Phi) is 2.90. The number of carbonyl (C=O) groups excluding carboxylic acids is 1. The molecule has 5 heteroatoms. The fraction of sp³-hybridized carbons (Fsp3) is 0. The zero-order valence-corrected chi connectivity index (χ0v) is 3.85. The summed E-state index contributed by atoms with van der Waals surface area (Å²) in [5, 5.41) is 0. The van der Waals surface area contributed by atoms with Crippen LogP contribution >= 0.6 is 0 Å². The maximum absolute atomic E-state index is 10.0. The van der Waals surface area contributed by atoms with E-state index in [0.717, 1.165) is 0 Å². The standard InChI is InChI=1S/C3H2N4O/c4-6-1-3(8)2-7-5/h1-2H. The van der Waals surface area contributed by atoms with Crippen LogP contribution in [0.1, 0.15) is 0 Å². The molecule has 0 aromatic carbocycles. The number of carbonyl (C=O) groups is 1. The van der Waals surface area contributed by atoms with Crippen LogP contribution in [-0.4, -0.2) is 27.8 Å². The molecule has 0 aliphatic heterocycles. The van der Waals surface area contributed by atoms with Crippen LogP contribution in [0.3, 0.4) is 0 Å². The van der Waals surface area contributed by atoms with Crippen LogP contribution in [0.2, 0.25) is 0 Å². The van der Waals surface area contributed by atoms with Gasteiger partial charge >= 0.3 is 18.2 Å². The molecule has 5 nitrogen and oxygen atoms in total. The molecule has 0 heterocycles. The molecule has 0 rings (SSSR count). The van der Waals surface area contributed by atoms with Gasteiger partial charge in [-0.2, -0.15) is 9.58 Å². The molecule has 0 saturated carbocycles. The highest BCUT2D eigenvalue weighted by Gasteiger charge is 1.99. The molecular formula is C3H2N4O. The zero-order chi connectivity index (χ0) is 6.41. The third kappa shape index (κ3) is 2.66. The van der Waals surface area contributed by atoms with Crippen LogP contribution < -0.4 is 0 Å². The van der Waals surface area contributed by atoms with Gasteiger partial charge in [-0.05, 0) is 0 Å². The van der Waals surface area contributed by atoms with Gasteiger partial charge in [-0.3, -0.25) is 4.79 Å². The molecule has 0 fully saturated rings. The van der Waals surface area contributed by atoms with Crippen LogP contribution in [0.4, 0.5) is 0 Å². The van der Waals surface area contributed by atoms with Crippen molar-refractivity contribution in [2.75, 3.05) is 0 Å². The van der Waals surface area contributed by atoms with E-state index in [4.69, 9.17) is 11.1 Å². The SMILES string of the molecule is [N-]=[N+]=CC(=O)C=[N+]=[N-]. The highest BCUT2D eigenvalue weighted by Crippen LogP contribution is 1.47. The van der Waals surface area contributed by atoms with Crippen molar-refractivity contribution < 1.29 is 14.4 Å². The van der Waals surface area contributed by atoms with Crippen LogP contribution in [0.5, 0.6) is 0 Å². The van der Waals surface area contributed by atoms with Gasteiger partial charge in [0, 0.05) is 0 Å². The van der Waals surface area contributed by atoms with Gasteiger partial charge in [-0.15, -0.1) is 0 Å². The van der Waals surface area contributed by atoms with Gasteiger partial charge in [0.15, 0.2) is 0 Å². The molecule has 0 atom stereocenters. The molecule has 0 saturated heterocycles. The van der Waals surface area contributed by atoms with Gasteiger partial charge in [-0.1, -0.05) is 0 Å². The fourth-order valence-corrected chi connectivity index (χ4v) is 0.147. The average Bonchev–Trinajstić information content (AvgIpc) is 1.68. The monoisotopic (exact) mass is 110 g/mol. The number of hydrogen-bond acceptors (Lipinski definition) is 1. The first-order valence-electron chi connectivity index (χ1n) is 1.70. The van der Waals surface area contributed by atoms with E-state index in [2.05, 4.69) is 9.58 Å². The highest BCUT2D eigenvalue weighted by atomic mass is 16.1. The predicted octanol–water partition coefficient (Wildman–Crippen LogP) is -0.843. The van der Waals surface area contributed by atoms with Crippen molar-refractivity contribution in [3.8, 4) is 0 Å². The molecule has 0 aliphatic rings. The second-order valence-electron chi connectivity index (χ2n) is 0.892. The molecule has 0 aromatic heterocycles. The van der Waals surface area contributed by atoms with Crippen molar-refractivity contribution in [1.82, 2.24) is 0 Å². The molecule has 40 valence electrons. The Labute approximate surface area is 44.8 Å². The number of ketones is 1. The topological polar surface area (TPSA) is 89.9 Å². The lowest BCUT2D eigenvalue weighted by Gasteiger charge is -1.54. The molecule has 0 radical (unpaired) electrons. The van der Waals surface area contributed by atoms with E-state index in [1.165, 1.54) is 0 Å². The van der Waals surface area contributed by atoms with Crippen molar-refractivity contribution in [2.45, 2.75) is 0 Å². The average molecular weight is 110 g/mol. The summed E-state index contributed by atoms with van der Waals surface area (Å²) >= 11 is 0. The molecule has 0 bridgehead atoms. The largest absolute Gasteiger partial charge is 0.361 e. The first-order valence-corrected chi connectivity index (χ1v) is 1.70. The van der Waals surface area contributed by atoms with E-state index in [0.29, 0.717) is 12.4 Å². The maximum Gasteiger partial charge on any atom is 0.339 e. The van der Waals surface area contributed by atoms with Crippen molar-refractivity contribution in [2.24, 2.45) is 0 Å². The quantitative estimate of drug-likeness (QED) is 0.259. The second kappa shape index (κ2) is 3.61. The maximum atomic E-state index is 10.0. The minimum atomic E-state index is -0.671. The van der Waals surface area contributed by atoms with Gasteiger partial charge in [-0.25, -0.2) is 0 Å². The molecule has 0 aliphatic carbocycles. The summed E-state index contributed by atoms with van der Waals surface area (Å²) in [6, 6.07) is 0. The summed E-state index contributed by atoms with van der Waals surface area (Å²) in [6.45, 7) is 0. The van der Waals surface area contributed by atoms with Crippen LogP contribution in [0, 0.1) is 0 Å². The Balaban J connectivity index is 4.04. The Morgan fingerprint density at radius 2 is 1.62 bits per heavy atom. The van der Waals surface area contributed by atoms with Gasteiger partial charge in [0.1, 0.15) is 0 Å². The van der Waals surface area contributed by atoms with E-state index < -0.39 is 5.78 Å². The lowest BCUT2D eigenvalue weighted by molar-refractivity contribution is -0.113. The van der Waals surface area contributed by atoms with Crippen LogP contribution in [-0.2, 0) is 4.79 Å². The van der Waals surface area contributed by atoms with Crippen LogP contribution in [0.15, 0.2) is 0 Å². The first-order chi connectivity index (χ1) is 3.81. The molecule has 0 spiro atoms. The molecule has 0 unspecified atom stereocenters. The second-order valence-corrected chi connectivity index (χ2v) is 0.892. The van der Waals surface area contributed by atoms with E-state index in [1.54, 1.807) is 0 Å². The Morgan fingerprint density at radius 3 is 1.88 bits per heavy atom. The fourth-order valence-electron chi connectivity index (χ4n) is 0.147. The number of Topliss-reactive ketones (excluding diaryl/α,β-unsaturated/α-hetero) is 1. The highest BCUT2D eigenvalue weighted by molar-refractivity contribution is 6.50. The molecule has 0 aromatic rings. The Bertz CT molecular complexity index is 163. The lowest BCUT2D eigenvalue weighted by Crippen LogP contribution is -2.00. The summed E-state index contributed by atoms with van der Waals surface area (Å²) in [5.74, 6) is -0.671. The third-order valence-corrected chi connectivity index (χ3v) is 0.370. The Morgan fingerprint density at radius 1 is 1.25 bits per heavy atom. The molecular weight excluding hydrogens is 108 g/mol. The predicted molar refractivity (Wildman–Crippen MR) is 24.4 cm³/mol. The van der Waals surface area contributed by atoms with Crippen LogP contribution in [0.25, 0.3) is 11.1 Å². The van der Waals surface area contributed by atoms with Gasteiger partial charge < -0.3 is 11.1 Å². The molecule has 8 heavy (non-hydrogen) atoms. The number of hydrogen-bond donors (Lipinski definition) is 0. The van der Waals surface area contributed by atoms with Gasteiger partial charge in [0.05, 0.1) is 0 Å². The van der Waals surface area contributed by atoms with Crippen molar-refractivity contribution in [1.29, 1.82) is 0 Å². The number of nitrogens with zero attached hydrogens (tertiary/aromatic N) is 4. The number of rotatable bonds is 2.